The molecule has 0 atom stereocenters. The number of anilines is 1. The fourth-order valence-electron chi connectivity index (χ4n) is 5.01. The molecule has 1 aromatic carbocycles. The van der Waals surface area contributed by atoms with Gasteiger partial charge in [0.2, 0.25) is 0 Å². The van der Waals surface area contributed by atoms with Gasteiger partial charge in [-0.3, -0.25) is 14.4 Å². The lowest BCUT2D eigenvalue weighted by molar-refractivity contribution is -0.127. The lowest BCUT2D eigenvalue weighted by Gasteiger charge is -2.82. The third-order valence-corrected chi connectivity index (χ3v) is 7.74. The zero-order valence-electron chi connectivity index (χ0n) is 20.6. The largest absolute Gasteiger partial charge is 0.317 e. The molecule has 0 unspecified atom stereocenters. The van der Waals surface area contributed by atoms with Crippen molar-refractivity contribution in [1.82, 2.24) is 5.48 Å². The molecule has 0 spiro atoms. The molecule has 2 N–H and O–H groups in total. The number of amides is 2. The summed E-state index contributed by atoms with van der Waals surface area (Å²) < 4.78 is 30.7. The van der Waals surface area contributed by atoms with E-state index in [1.165, 1.54) is 7.11 Å². The molecule has 0 saturated heterocycles. The van der Waals surface area contributed by atoms with Crippen LogP contribution in [0.3, 0.4) is 0 Å². The van der Waals surface area contributed by atoms with Gasteiger partial charge in [0.1, 0.15) is 17.3 Å². The summed E-state index contributed by atoms with van der Waals surface area (Å²) in [4.78, 5) is 29.5. The Morgan fingerprint density at radius 2 is 1.13 bits per heavy atom. The van der Waals surface area contributed by atoms with Gasteiger partial charge in [-0.1, -0.05) is 5.31 Å². The molecule has 0 heterocycles. The maximum absolute atomic E-state index is 15.3. The van der Waals surface area contributed by atoms with Crippen LogP contribution in [0.25, 0.3) is 0 Å². The topological polar surface area (TPSA) is 67.4 Å². The van der Waals surface area contributed by atoms with Crippen LogP contribution in [0.4, 0.5) is 14.5 Å². The Kier molecular flexibility index (Phi) is 7.76. The first-order chi connectivity index (χ1) is 17.1. The summed E-state index contributed by atoms with van der Waals surface area (Å²) in [5, 5.41) is -13.8. The van der Waals surface area contributed by atoms with Crippen LogP contribution in [-0.2, 0) is 19.7 Å². The number of hydrogen-bond acceptors (Lipinski definition) is 3. The van der Waals surface area contributed by atoms with E-state index in [0.717, 1.165) is 0 Å². The number of halogens is 2. The van der Waals surface area contributed by atoms with Gasteiger partial charge in [-0.2, -0.15) is 0 Å². The van der Waals surface area contributed by atoms with Crippen molar-refractivity contribution in [3.8, 4) is 0 Å². The first kappa shape index (κ1) is 31.0. The van der Waals surface area contributed by atoms with E-state index in [1.807, 2.05) is 0 Å². The maximum Gasteiger partial charge on any atom is 0.271 e. The monoisotopic (exact) mass is 488 g/mol. The third-order valence-electron chi connectivity index (χ3n) is 7.74. The van der Waals surface area contributed by atoms with Gasteiger partial charge in [0, 0.05) is 11.1 Å². The molecule has 1 aromatic rings. The smallest absolute Gasteiger partial charge is 0.271 e. The summed E-state index contributed by atoms with van der Waals surface area (Å²) in [5.74, 6) is -4.30. The fourth-order valence-corrected chi connectivity index (χ4v) is 5.01. The molecule has 38 heavy (non-hydrogen) atoms. The molecule has 168 valence electrons. The van der Waals surface area contributed by atoms with Crippen LogP contribution in [0.5, 0.6) is 0 Å². The average Bonchev–Trinajstić information content (AvgIpc) is 3.29. The van der Waals surface area contributed by atoms with Gasteiger partial charge < -0.3 is 5.32 Å². The highest BCUT2D eigenvalue weighted by molar-refractivity contribution is 6.72. The zero-order valence-corrected chi connectivity index (χ0v) is 20.6. The van der Waals surface area contributed by atoms with Crippen molar-refractivity contribution in [2.75, 3.05) is 12.4 Å². The molecule has 1 fully saturated rings. The molecule has 2 amide bonds. The SMILES string of the molecule is [B]C1([B])C([B])([B])C([B])([B])C([B])(c2cc(F)c(NC(=O)C3=C(C(=O)NOC)CCC3)c(F)c2)C([B])([B])C1([B])[B]. The van der Waals surface area contributed by atoms with E-state index in [1.54, 1.807) is 0 Å². The molecule has 18 heteroatoms. The van der Waals surface area contributed by atoms with E-state index < -0.39 is 66.1 Å². The van der Waals surface area contributed by atoms with Crippen molar-refractivity contribution in [2.24, 2.45) is 0 Å². The minimum Gasteiger partial charge on any atom is -0.317 e. The Morgan fingerprint density at radius 1 is 0.737 bits per heavy atom. The van der Waals surface area contributed by atoms with Gasteiger partial charge in [0.15, 0.2) is 0 Å². The van der Waals surface area contributed by atoms with Crippen LogP contribution in [0.15, 0.2) is 23.3 Å². The molecular formula is C20H13B11F2N2O3. The van der Waals surface area contributed by atoms with Crippen LogP contribution in [0.1, 0.15) is 24.8 Å². The van der Waals surface area contributed by atoms with Crippen LogP contribution >= 0.6 is 0 Å². The van der Waals surface area contributed by atoms with Gasteiger partial charge >= 0.3 is 0 Å². The van der Waals surface area contributed by atoms with Gasteiger partial charge in [-0.25, -0.2) is 14.3 Å². The number of hydroxylamine groups is 1. The fraction of sp³-hybridized carbons (Fsp3) is 0.500. The Bertz CT molecular complexity index is 1170. The zero-order chi connectivity index (χ0) is 29.3. The normalized spacial score (nSPS) is 23.9. The Labute approximate surface area is 235 Å². The first-order valence-corrected chi connectivity index (χ1v) is 11.2. The standard InChI is InChI=1S/C20H13B11F2N2O3/c1-38-35-14(37)9-4-2-3-8(9)13(36)34-12-10(32)5-7(6-11(12)33)15(21)16(22,23)18(26,27)20(30,31)19(28,29)17(15,24)25/h5-6H,2-4H2,1H3,(H,34,36)(H,35,37). The minimum absolute atomic E-state index is 0.0187. The predicted octanol–water partition coefficient (Wildman–Crippen LogP) is -1.30. The lowest BCUT2D eigenvalue weighted by Crippen LogP contribution is -2.70. The molecule has 0 aromatic heterocycles. The average molecular weight is 486 g/mol. The van der Waals surface area contributed by atoms with Gasteiger partial charge in [0.25, 0.3) is 11.8 Å². The summed E-state index contributed by atoms with van der Waals surface area (Å²) in [6.07, 6.45) is 0.898. The molecule has 1 saturated carbocycles. The molecule has 5 nitrogen and oxygen atoms in total. The second kappa shape index (κ2) is 9.52. The van der Waals surface area contributed by atoms with Gasteiger partial charge in [0.05, 0.1) is 93.4 Å². The molecule has 2 aliphatic rings. The van der Waals surface area contributed by atoms with E-state index in [9.17, 15) is 9.59 Å². The number of carbonyl (C=O) groups excluding carboxylic acids is 2. The van der Waals surface area contributed by atoms with Gasteiger partial charge in [-0.15, -0.1) is 26.1 Å². The molecule has 3 rings (SSSR count). The first-order valence-electron chi connectivity index (χ1n) is 11.2. The molecule has 2 aliphatic carbocycles. The molecule has 0 bridgehead atoms. The number of hydrogen-bond donors (Lipinski definition) is 2. The van der Waals surface area contributed by atoms with Crippen LogP contribution in [0.2, 0.25) is 26.1 Å². The van der Waals surface area contributed by atoms with E-state index in [2.05, 4.69) is 15.6 Å². The molecular weight excluding hydrogens is 473 g/mol. The molecule has 22 radical (unpaired) electrons. The quantitative estimate of drug-likeness (QED) is 0.402. The van der Waals surface area contributed by atoms with E-state index in [-0.39, 0.29) is 24.0 Å². The van der Waals surface area contributed by atoms with Crippen molar-refractivity contribution in [2.45, 2.75) is 50.6 Å². The second-order valence-corrected chi connectivity index (χ2v) is 9.87. The van der Waals surface area contributed by atoms with Crippen molar-refractivity contribution in [1.29, 1.82) is 0 Å². The second-order valence-electron chi connectivity index (χ2n) is 9.87. The van der Waals surface area contributed by atoms with Crippen molar-refractivity contribution >= 4 is 104 Å². The number of benzene rings is 1. The highest BCUT2D eigenvalue weighted by Crippen LogP contribution is 2.83. The number of nitrogens with one attached hydrogen (secondary N) is 2. The van der Waals surface area contributed by atoms with Crippen LogP contribution < -0.4 is 10.8 Å². The van der Waals surface area contributed by atoms with Crippen LogP contribution in [-0.4, -0.2) is 105 Å². The van der Waals surface area contributed by atoms with E-state index >= 15 is 8.78 Å². The summed E-state index contributed by atoms with van der Waals surface area (Å²) in [6, 6.07) is 1.27. The summed E-state index contributed by atoms with van der Waals surface area (Å²) >= 11 is 0. The summed E-state index contributed by atoms with van der Waals surface area (Å²) in [5.41, 5.74) is 0.739. The summed E-state index contributed by atoms with van der Waals surface area (Å²) in [6.45, 7) is 0. The highest BCUT2D eigenvalue weighted by atomic mass is 19.1. The Morgan fingerprint density at radius 3 is 1.55 bits per heavy atom. The maximum atomic E-state index is 15.3. The van der Waals surface area contributed by atoms with Crippen molar-refractivity contribution < 1.29 is 23.2 Å². The third kappa shape index (κ3) is 3.89. The Hall–Kier alpha value is -1.57. The van der Waals surface area contributed by atoms with Gasteiger partial charge in [-0.05, 0) is 37.0 Å². The molecule has 0 aliphatic heterocycles. The predicted molar refractivity (Wildman–Crippen MR) is 149 cm³/mol. The minimum atomic E-state index is -2.70. The van der Waals surface area contributed by atoms with E-state index in [4.69, 9.17) is 86.3 Å². The number of rotatable bonds is 5. The van der Waals surface area contributed by atoms with E-state index in [0.29, 0.717) is 18.6 Å². The highest BCUT2D eigenvalue weighted by Gasteiger charge is 2.69. The Balaban J connectivity index is 2.12. The number of carbonyl (C=O) groups is 2. The van der Waals surface area contributed by atoms with Crippen LogP contribution in [0, 0.1) is 11.6 Å². The lowest BCUT2D eigenvalue weighted by atomic mass is 8.96. The van der Waals surface area contributed by atoms with Crippen molar-refractivity contribution in [3.05, 3.63) is 40.5 Å². The van der Waals surface area contributed by atoms with Crippen molar-refractivity contribution in [3.63, 3.8) is 0 Å². The summed E-state index contributed by atoms with van der Waals surface area (Å²) in [7, 11) is 68.8.